The third-order valence-electron chi connectivity index (χ3n) is 3.90. The molecule has 0 aliphatic carbocycles. The molecular formula is C16H33N3O2. The molecule has 1 N–H and O–H groups in total. The summed E-state index contributed by atoms with van der Waals surface area (Å²) in [5.74, 6) is -0.126. The summed E-state index contributed by atoms with van der Waals surface area (Å²) in [6.07, 6.45) is 3.48. The molecule has 0 aromatic rings. The zero-order valence-corrected chi connectivity index (χ0v) is 14.2. The molecule has 1 aliphatic rings. The summed E-state index contributed by atoms with van der Waals surface area (Å²) in [4.78, 5) is 16.8. The molecule has 1 fully saturated rings. The SMILES string of the molecule is CCOC(=O)C(CCN(C)CCN1CCCC1)NC(C)C. The number of nitrogens with zero attached hydrogens (tertiary/aromatic N) is 2. The average molecular weight is 299 g/mol. The molecule has 5 heteroatoms. The van der Waals surface area contributed by atoms with Crippen LogP contribution in [0.3, 0.4) is 0 Å². The van der Waals surface area contributed by atoms with Crippen molar-refractivity contribution in [1.82, 2.24) is 15.1 Å². The highest BCUT2D eigenvalue weighted by molar-refractivity contribution is 5.75. The first-order valence-electron chi connectivity index (χ1n) is 8.36. The summed E-state index contributed by atoms with van der Waals surface area (Å²) in [5.41, 5.74) is 0. The molecule has 124 valence electrons. The number of carbonyl (C=O) groups excluding carboxylic acids is 1. The van der Waals surface area contributed by atoms with Crippen LogP contribution in [0.15, 0.2) is 0 Å². The minimum absolute atomic E-state index is 0.126. The lowest BCUT2D eigenvalue weighted by molar-refractivity contribution is -0.146. The van der Waals surface area contributed by atoms with Gasteiger partial charge in [-0.2, -0.15) is 0 Å². The summed E-state index contributed by atoms with van der Waals surface area (Å²) in [7, 11) is 2.13. The van der Waals surface area contributed by atoms with Gasteiger partial charge in [0.05, 0.1) is 6.61 Å². The normalized spacial score (nSPS) is 17.6. The first kappa shape index (κ1) is 18.4. The first-order valence-corrected chi connectivity index (χ1v) is 8.36. The summed E-state index contributed by atoms with van der Waals surface area (Å²) in [6, 6.07) is 0.0912. The second-order valence-corrected chi connectivity index (χ2v) is 6.27. The van der Waals surface area contributed by atoms with Crippen molar-refractivity contribution in [3.63, 3.8) is 0 Å². The highest BCUT2D eigenvalue weighted by atomic mass is 16.5. The van der Waals surface area contributed by atoms with Crippen molar-refractivity contribution < 1.29 is 9.53 Å². The molecule has 5 nitrogen and oxygen atoms in total. The Morgan fingerprint density at radius 2 is 1.95 bits per heavy atom. The number of likely N-dealkylation sites (tertiary alicyclic amines) is 1. The zero-order chi connectivity index (χ0) is 15.7. The Hall–Kier alpha value is -0.650. The molecule has 21 heavy (non-hydrogen) atoms. The van der Waals surface area contributed by atoms with E-state index in [9.17, 15) is 4.79 Å². The van der Waals surface area contributed by atoms with Gasteiger partial charge in [0.25, 0.3) is 0 Å². The van der Waals surface area contributed by atoms with Crippen molar-refractivity contribution >= 4 is 5.97 Å². The fraction of sp³-hybridized carbons (Fsp3) is 0.938. The average Bonchev–Trinajstić information content (AvgIpc) is 2.94. The van der Waals surface area contributed by atoms with Gasteiger partial charge in [0, 0.05) is 19.1 Å². The van der Waals surface area contributed by atoms with Crippen LogP contribution < -0.4 is 5.32 Å². The van der Waals surface area contributed by atoms with Gasteiger partial charge in [-0.3, -0.25) is 4.79 Å². The van der Waals surface area contributed by atoms with E-state index in [2.05, 4.69) is 36.0 Å². The Labute approximate surface area is 130 Å². The number of nitrogens with one attached hydrogen (secondary N) is 1. The maximum Gasteiger partial charge on any atom is 0.323 e. The van der Waals surface area contributed by atoms with Gasteiger partial charge in [-0.1, -0.05) is 13.8 Å². The molecule has 0 amide bonds. The van der Waals surface area contributed by atoms with Gasteiger partial charge in [-0.05, 0) is 52.9 Å². The monoisotopic (exact) mass is 299 g/mol. The van der Waals surface area contributed by atoms with E-state index in [0.717, 1.165) is 26.1 Å². The van der Waals surface area contributed by atoms with Crippen molar-refractivity contribution in [3.8, 4) is 0 Å². The lowest BCUT2D eigenvalue weighted by atomic mass is 10.1. The Kier molecular flexibility index (Phi) is 8.88. The second-order valence-electron chi connectivity index (χ2n) is 6.27. The van der Waals surface area contributed by atoms with Crippen molar-refractivity contribution in [2.45, 2.75) is 52.1 Å². The van der Waals surface area contributed by atoms with Crippen molar-refractivity contribution in [3.05, 3.63) is 0 Å². The molecule has 1 aliphatic heterocycles. The number of carbonyl (C=O) groups is 1. The second kappa shape index (κ2) is 10.1. The van der Waals surface area contributed by atoms with Crippen LogP contribution >= 0.6 is 0 Å². The molecule has 1 heterocycles. The van der Waals surface area contributed by atoms with Crippen LogP contribution in [0.1, 0.15) is 40.0 Å². The molecule has 0 spiro atoms. The van der Waals surface area contributed by atoms with Crippen LogP contribution in [0, 0.1) is 0 Å². The number of rotatable bonds is 10. The summed E-state index contributed by atoms with van der Waals surface area (Å²) < 4.78 is 5.15. The van der Waals surface area contributed by atoms with Gasteiger partial charge in [0.2, 0.25) is 0 Å². The predicted octanol–water partition coefficient (Wildman–Crippen LogP) is 1.33. The van der Waals surface area contributed by atoms with Gasteiger partial charge in [-0.15, -0.1) is 0 Å². The molecule has 0 radical (unpaired) electrons. The molecule has 1 unspecified atom stereocenters. The lowest BCUT2D eigenvalue weighted by Crippen LogP contribution is -2.44. The van der Waals surface area contributed by atoms with Crippen LogP contribution in [-0.4, -0.2) is 74.2 Å². The third-order valence-corrected chi connectivity index (χ3v) is 3.90. The zero-order valence-electron chi connectivity index (χ0n) is 14.2. The van der Waals surface area contributed by atoms with Crippen molar-refractivity contribution in [1.29, 1.82) is 0 Å². The molecule has 1 atom stereocenters. The number of ether oxygens (including phenoxy) is 1. The van der Waals surface area contributed by atoms with E-state index in [0.29, 0.717) is 6.61 Å². The standard InChI is InChI=1S/C16H33N3O2/c1-5-21-16(20)15(17-14(2)3)8-11-18(4)12-13-19-9-6-7-10-19/h14-15,17H,5-13H2,1-4H3. The van der Waals surface area contributed by atoms with Crippen LogP contribution in [0.2, 0.25) is 0 Å². The van der Waals surface area contributed by atoms with Crippen molar-refractivity contribution in [2.75, 3.05) is 46.4 Å². The van der Waals surface area contributed by atoms with Crippen LogP contribution in [0.4, 0.5) is 0 Å². The smallest absolute Gasteiger partial charge is 0.323 e. The maximum absolute atomic E-state index is 11.9. The number of hydrogen-bond acceptors (Lipinski definition) is 5. The molecule has 0 bridgehead atoms. The predicted molar refractivity (Wildman–Crippen MR) is 86.5 cm³/mol. The number of hydrogen-bond donors (Lipinski definition) is 1. The molecule has 0 aromatic heterocycles. The van der Waals surface area contributed by atoms with Crippen LogP contribution in [0.25, 0.3) is 0 Å². The van der Waals surface area contributed by atoms with E-state index in [-0.39, 0.29) is 18.1 Å². The van der Waals surface area contributed by atoms with E-state index < -0.39 is 0 Å². The summed E-state index contributed by atoms with van der Waals surface area (Å²) in [5, 5.41) is 3.31. The molecule has 1 saturated heterocycles. The minimum Gasteiger partial charge on any atom is -0.465 e. The Morgan fingerprint density at radius 1 is 1.29 bits per heavy atom. The minimum atomic E-state index is -0.195. The molecular weight excluding hydrogens is 266 g/mol. The molecule has 0 aromatic carbocycles. The van der Waals surface area contributed by atoms with E-state index in [4.69, 9.17) is 4.74 Å². The Morgan fingerprint density at radius 3 is 2.52 bits per heavy atom. The summed E-state index contributed by atoms with van der Waals surface area (Å²) in [6.45, 7) is 12.0. The fourth-order valence-electron chi connectivity index (χ4n) is 2.69. The highest BCUT2D eigenvalue weighted by Gasteiger charge is 2.21. The van der Waals surface area contributed by atoms with E-state index in [1.807, 2.05) is 6.92 Å². The lowest BCUT2D eigenvalue weighted by Gasteiger charge is -2.24. The third kappa shape index (κ3) is 7.79. The fourth-order valence-corrected chi connectivity index (χ4v) is 2.69. The molecule has 1 rings (SSSR count). The topological polar surface area (TPSA) is 44.8 Å². The Bertz CT molecular complexity index is 291. The largest absolute Gasteiger partial charge is 0.465 e. The quantitative estimate of drug-likeness (QED) is 0.617. The van der Waals surface area contributed by atoms with E-state index in [1.54, 1.807) is 0 Å². The summed E-state index contributed by atoms with van der Waals surface area (Å²) >= 11 is 0. The van der Waals surface area contributed by atoms with Crippen LogP contribution in [-0.2, 0) is 9.53 Å². The van der Waals surface area contributed by atoms with Gasteiger partial charge in [-0.25, -0.2) is 0 Å². The maximum atomic E-state index is 11.9. The van der Waals surface area contributed by atoms with Crippen molar-refractivity contribution in [2.24, 2.45) is 0 Å². The molecule has 0 saturated carbocycles. The van der Waals surface area contributed by atoms with Gasteiger partial charge < -0.3 is 19.9 Å². The van der Waals surface area contributed by atoms with Gasteiger partial charge in [0.1, 0.15) is 6.04 Å². The van der Waals surface area contributed by atoms with Gasteiger partial charge in [0.15, 0.2) is 0 Å². The van der Waals surface area contributed by atoms with E-state index >= 15 is 0 Å². The number of likely N-dealkylation sites (N-methyl/N-ethyl adjacent to an activating group) is 1. The van der Waals surface area contributed by atoms with E-state index in [1.165, 1.54) is 25.9 Å². The highest BCUT2D eigenvalue weighted by Crippen LogP contribution is 2.07. The van der Waals surface area contributed by atoms with Gasteiger partial charge >= 0.3 is 5.97 Å². The first-order chi connectivity index (χ1) is 10.0. The Balaban J connectivity index is 2.27. The van der Waals surface area contributed by atoms with Crippen LogP contribution in [0.5, 0.6) is 0 Å². The number of esters is 1.